The Kier molecular flexibility index (Phi) is 7.57. The minimum Gasteiger partial charge on any atom is -0.481 e. The number of fused-ring (bicyclic) bond motifs is 3. The largest absolute Gasteiger partial charge is 0.481 e. The minimum absolute atomic E-state index is 0.0178. The van der Waals surface area contributed by atoms with Gasteiger partial charge in [-0.15, -0.1) is 10.2 Å². The lowest BCUT2D eigenvalue weighted by atomic mass is 10.0. The number of hydrogen-bond donors (Lipinski definition) is 1. The van der Waals surface area contributed by atoms with Crippen LogP contribution in [0.1, 0.15) is 36.0 Å². The van der Waals surface area contributed by atoms with Gasteiger partial charge in [-0.05, 0) is 36.8 Å². The second-order valence-corrected chi connectivity index (χ2v) is 10.3. The normalized spacial score (nSPS) is 17.9. The van der Waals surface area contributed by atoms with Gasteiger partial charge in [-0.1, -0.05) is 33.8 Å². The molecule has 9 nitrogen and oxygen atoms in total. The zero-order valence-electron chi connectivity index (χ0n) is 19.0. The number of morpholine rings is 1. The third-order valence-electron chi connectivity index (χ3n) is 5.98. The molecule has 3 aromatic rings. The Morgan fingerprint density at radius 2 is 2.06 bits per heavy atom. The lowest BCUT2D eigenvalue weighted by Crippen LogP contribution is -2.37. The third kappa shape index (κ3) is 5.48. The zero-order chi connectivity index (χ0) is 24.2. The first-order chi connectivity index (χ1) is 17.1. The van der Waals surface area contributed by atoms with Crippen LogP contribution in [-0.2, 0) is 9.53 Å². The highest BCUT2D eigenvalue weighted by Gasteiger charge is 2.30. The molecule has 4 heterocycles. The number of halogens is 1. The van der Waals surface area contributed by atoms with E-state index in [2.05, 4.69) is 36.0 Å². The summed E-state index contributed by atoms with van der Waals surface area (Å²) >= 11 is 5.25. The van der Waals surface area contributed by atoms with E-state index in [-0.39, 0.29) is 6.42 Å². The number of carbonyl (C=O) groups is 1. The van der Waals surface area contributed by atoms with E-state index in [1.165, 1.54) is 0 Å². The number of hydrogen-bond acceptors (Lipinski definition) is 8. The fourth-order valence-electron chi connectivity index (χ4n) is 4.24. The van der Waals surface area contributed by atoms with Gasteiger partial charge < -0.3 is 9.84 Å². The van der Waals surface area contributed by atoms with Crippen molar-refractivity contribution in [2.75, 3.05) is 38.6 Å². The summed E-state index contributed by atoms with van der Waals surface area (Å²) in [6, 6.07) is 11.3. The summed E-state index contributed by atoms with van der Waals surface area (Å²) in [7, 11) is 0. The highest BCUT2D eigenvalue weighted by atomic mass is 79.9. The van der Waals surface area contributed by atoms with Crippen LogP contribution in [-0.4, -0.2) is 80.0 Å². The molecule has 182 valence electrons. The molecule has 0 bridgehead atoms. The molecule has 2 aliphatic rings. The fourth-order valence-corrected chi connectivity index (χ4v) is 5.56. The molecule has 1 saturated heterocycles. The van der Waals surface area contributed by atoms with Gasteiger partial charge in [0.25, 0.3) is 0 Å². The fraction of sp³-hybridized carbons (Fsp3) is 0.375. The van der Waals surface area contributed by atoms with Gasteiger partial charge in [-0.3, -0.25) is 24.2 Å². The van der Waals surface area contributed by atoms with Crippen LogP contribution in [0.5, 0.6) is 0 Å². The Morgan fingerprint density at radius 3 is 2.83 bits per heavy atom. The number of carboxylic acids is 1. The van der Waals surface area contributed by atoms with Crippen LogP contribution in [0.4, 0.5) is 0 Å². The number of benzene rings is 1. The summed E-state index contributed by atoms with van der Waals surface area (Å²) in [6.45, 7) is 4.35. The van der Waals surface area contributed by atoms with E-state index in [9.17, 15) is 9.90 Å². The van der Waals surface area contributed by atoms with E-state index < -0.39 is 12.0 Å². The quantitative estimate of drug-likeness (QED) is 0.419. The molecule has 0 saturated carbocycles. The highest BCUT2D eigenvalue weighted by molar-refractivity contribution is 9.10. The number of carboxylic acid groups (broad SMARTS) is 1. The predicted molar refractivity (Wildman–Crippen MR) is 137 cm³/mol. The molecule has 1 aromatic carbocycles. The average molecular weight is 557 g/mol. The summed E-state index contributed by atoms with van der Waals surface area (Å²) in [4.78, 5) is 23.4. The Hall–Kier alpha value is -2.60. The highest BCUT2D eigenvalue weighted by Crippen LogP contribution is 2.36. The van der Waals surface area contributed by atoms with Gasteiger partial charge in [0, 0.05) is 48.0 Å². The molecule has 1 fully saturated rings. The molecule has 0 aliphatic carbocycles. The number of aromatic nitrogens is 4. The van der Waals surface area contributed by atoms with Crippen LogP contribution in [0, 0.1) is 0 Å². The van der Waals surface area contributed by atoms with Gasteiger partial charge >= 0.3 is 5.97 Å². The van der Waals surface area contributed by atoms with Crippen LogP contribution in [0.2, 0.25) is 0 Å². The van der Waals surface area contributed by atoms with Crippen LogP contribution in [0.3, 0.4) is 0 Å². The molecule has 35 heavy (non-hydrogen) atoms. The smallest absolute Gasteiger partial charge is 0.303 e. The van der Waals surface area contributed by atoms with Gasteiger partial charge in [-0.25, -0.2) is 0 Å². The maximum absolute atomic E-state index is 11.4. The third-order valence-corrected chi connectivity index (χ3v) is 7.38. The maximum Gasteiger partial charge on any atom is 0.303 e. The Balaban J connectivity index is 1.54. The second-order valence-electron chi connectivity index (χ2n) is 8.28. The molecular weight excluding hydrogens is 532 g/mol. The SMILES string of the molecule is O=C(O)CC[C@@H]1N=C(c2ccccn2)c2cc(Br)ccc2-n2c(SCCN3CCOCC3)nnc21. The van der Waals surface area contributed by atoms with Crippen molar-refractivity contribution in [3.05, 3.63) is 64.1 Å². The maximum atomic E-state index is 11.4. The molecule has 2 aliphatic heterocycles. The molecule has 2 aromatic heterocycles. The van der Waals surface area contributed by atoms with Gasteiger partial charge in [0.2, 0.25) is 0 Å². The number of pyridine rings is 1. The first-order valence-corrected chi connectivity index (χ1v) is 13.3. The van der Waals surface area contributed by atoms with E-state index >= 15 is 0 Å². The van der Waals surface area contributed by atoms with E-state index in [4.69, 9.17) is 9.73 Å². The van der Waals surface area contributed by atoms with Gasteiger partial charge in [0.15, 0.2) is 11.0 Å². The molecule has 0 amide bonds. The summed E-state index contributed by atoms with van der Waals surface area (Å²) in [6.07, 6.45) is 2.03. The molecule has 11 heteroatoms. The summed E-state index contributed by atoms with van der Waals surface area (Å²) in [5.41, 5.74) is 3.25. The number of nitrogens with zero attached hydrogens (tertiary/aromatic N) is 6. The summed E-state index contributed by atoms with van der Waals surface area (Å²) in [5, 5.41) is 19.2. The van der Waals surface area contributed by atoms with E-state index in [1.54, 1.807) is 18.0 Å². The molecule has 5 rings (SSSR count). The molecule has 0 unspecified atom stereocenters. The lowest BCUT2D eigenvalue weighted by molar-refractivity contribution is -0.137. The Bertz CT molecular complexity index is 1230. The van der Waals surface area contributed by atoms with E-state index in [1.807, 2.05) is 41.0 Å². The Morgan fingerprint density at radius 1 is 1.20 bits per heavy atom. The number of ether oxygens (including phenoxy) is 1. The van der Waals surface area contributed by atoms with Crippen molar-refractivity contribution in [1.82, 2.24) is 24.6 Å². The van der Waals surface area contributed by atoms with Gasteiger partial charge in [0.05, 0.1) is 30.3 Å². The summed E-state index contributed by atoms with van der Waals surface area (Å²) in [5.74, 6) is 0.641. The van der Waals surface area contributed by atoms with Crippen molar-refractivity contribution < 1.29 is 14.6 Å². The van der Waals surface area contributed by atoms with Gasteiger partial charge in [-0.2, -0.15) is 0 Å². The molecule has 0 radical (unpaired) electrons. The van der Waals surface area contributed by atoms with E-state index in [0.29, 0.717) is 18.0 Å². The van der Waals surface area contributed by atoms with Crippen molar-refractivity contribution >= 4 is 39.4 Å². The summed E-state index contributed by atoms with van der Waals surface area (Å²) < 4.78 is 8.40. The number of aliphatic carboxylic acids is 1. The molecule has 1 atom stereocenters. The molecule has 1 N–H and O–H groups in total. The van der Waals surface area contributed by atoms with Crippen LogP contribution in [0.25, 0.3) is 5.69 Å². The monoisotopic (exact) mass is 556 g/mol. The zero-order valence-corrected chi connectivity index (χ0v) is 21.4. The average Bonchev–Trinajstić information content (AvgIpc) is 3.23. The van der Waals surface area contributed by atoms with Gasteiger partial charge in [0.1, 0.15) is 6.04 Å². The number of thioether (sulfide) groups is 1. The lowest BCUT2D eigenvalue weighted by Gasteiger charge is -2.26. The molecule has 0 spiro atoms. The van der Waals surface area contributed by atoms with Crippen LogP contribution >= 0.6 is 27.7 Å². The molecular formula is C24H25BrN6O3S. The van der Waals surface area contributed by atoms with Crippen molar-refractivity contribution in [3.8, 4) is 5.69 Å². The number of rotatable bonds is 8. The first-order valence-electron chi connectivity index (χ1n) is 11.5. The number of aliphatic imine (C=N–C) groups is 1. The second kappa shape index (κ2) is 11.0. The minimum atomic E-state index is -0.865. The Labute approximate surface area is 215 Å². The topological polar surface area (TPSA) is 106 Å². The van der Waals surface area contributed by atoms with Crippen molar-refractivity contribution in [1.29, 1.82) is 0 Å². The van der Waals surface area contributed by atoms with Crippen LogP contribution < -0.4 is 0 Å². The van der Waals surface area contributed by atoms with E-state index in [0.717, 1.165) is 65.2 Å². The van der Waals surface area contributed by atoms with Crippen LogP contribution in [0.15, 0.2) is 57.2 Å². The van der Waals surface area contributed by atoms with Crippen molar-refractivity contribution in [2.45, 2.75) is 24.0 Å². The standard InChI is InChI=1S/C24H25BrN6O3S/c25-16-4-6-20-17(15-16)22(18-3-1-2-8-26-18)27-19(5-7-21(32)33)23-28-29-24(31(20)23)35-14-11-30-9-12-34-13-10-30/h1-4,6,8,15,19H,5,7,9-14H2,(H,32,33)/t19-/m0/s1. The van der Waals surface area contributed by atoms with Crippen molar-refractivity contribution in [3.63, 3.8) is 0 Å². The van der Waals surface area contributed by atoms with Crippen molar-refractivity contribution in [2.24, 2.45) is 4.99 Å². The first kappa shape index (κ1) is 24.1. The predicted octanol–water partition coefficient (Wildman–Crippen LogP) is 3.61.